The number of benzene rings is 1. The molecule has 1 atom stereocenters. The van der Waals surface area contributed by atoms with Crippen molar-refractivity contribution in [1.82, 2.24) is 5.32 Å². The highest BCUT2D eigenvalue weighted by Crippen LogP contribution is 2.03. The van der Waals surface area contributed by atoms with Crippen LogP contribution in [-0.2, 0) is 11.2 Å². The summed E-state index contributed by atoms with van der Waals surface area (Å²) in [6, 6.07) is 11.2. The van der Waals surface area contributed by atoms with Crippen molar-refractivity contribution in [3.05, 3.63) is 35.9 Å². The van der Waals surface area contributed by atoms with Crippen LogP contribution in [0.2, 0.25) is 0 Å². The van der Waals surface area contributed by atoms with Gasteiger partial charge in [0.05, 0.1) is 0 Å². The van der Waals surface area contributed by atoms with Crippen LogP contribution in [0.25, 0.3) is 0 Å². The molecule has 1 aromatic carbocycles. The van der Waals surface area contributed by atoms with Gasteiger partial charge in [-0.05, 0) is 51.1 Å². The molecule has 0 radical (unpaired) electrons. The van der Waals surface area contributed by atoms with E-state index < -0.39 is 0 Å². The van der Waals surface area contributed by atoms with Crippen molar-refractivity contribution in [3.8, 4) is 0 Å². The van der Waals surface area contributed by atoms with Crippen molar-refractivity contribution >= 4 is 0 Å². The Morgan fingerprint density at radius 1 is 1.11 bits per heavy atom. The number of nitrogens with one attached hydrogen (secondary N) is 1. The third kappa shape index (κ3) is 8.79. The van der Waals surface area contributed by atoms with Crippen LogP contribution in [0, 0.1) is 0 Å². The summed E-state index contributed by atoms with van der Waals surface area (Å²) in [5, 5.41) is 3.50. The van der Waals surface area contributed by atoms with Gasteiger partial charge >= 0.3 is 0 Å². The molecule has 0 aromatic heterocycles. The van der Waals surface area contributed by atoms with E-state index >= 15 is 0 Å². The van der Waals surface area contributed by atoms with E-state index in [1.54, 1.807) is 0 Å². The van der Waals surface area contributed by atoms with Crippen LogP contribution in [0.5, 0.6) is 0 Å². The summed E-state index contributed by atoms with van der Waals surface area (Å²) in [6.07, 6.45) is 5.81. The third-order valence-corrected chi connectivity index (χ3v) is 3.27. The Morgan fingerprint density at radius 2 is 1.84 bits per heavy atom. The van der Waals surface area contributed by atoms with Crippen molar-refractivity contribution in [1.29, 1.82) is 0 Å². The van der Waals surface area contributed by atoms with Crippen LogP contribution in [0.15, 0.2) is 30.3 Å². The predicted octanol–water partition coefficient (Wildman–Crippen LogP) is 3.80. The van der Waals surface area contributed by atoms with Gasteiger partial charge in [-0.2, -0.15) is 0 Å². The highest BCUT2D eigenvalue weighted by Gasteiger charge is 1.99. The van der Waals surface area contributed by atoms with Crippen molar-refractivity contribution in [2.45, 2.75) is 52.0 Å². The fraction of sp³-hybridized carbons (Fsp3) is 0.647. The maximum Gasteiger partial charge on any atom is 0.0469 e. The first kappa shape index (κ1) is 16.2. The number of rotatable bonds is 11. The summed E-state index contributed by atoms with van der Waals surface area (Å²) in [5.41, 5.74) is 1.41. The molecular formula is C17H29NO. The highest BCUT2D eigenvalue weighted by molar-refractivity contribution is 5.14. The smallest absolute Gasteiger partial charge is 0.0469 e. The minimum Gasteiger partial charge on any atom is -0.381 e. The third-order valence-electron chi connectivity index (χ3n) is 3.27. The lowest BCUT2D eigenvalue weighted by molar-refractivity contribution is 0.126. The molecular weight excluding hydrogens is 234 g/mol. The first-order valence-corrected chi connectivity index (χ1v) is 7.68. The molecule has 1 rings (SSSR count). The average molecular weight is 263 g/mol. The fourth-order valence-electron chi connectivity index (χ4n) is 2.11. The van der Waals surface area contributed by atoms with E-state index in [1.165, 1.54) is 18.4 Å². The number of hydrogen-bond acceptors (Lipinski definition) is 2. The second kappa shape index (κ2) is 11.0. The van der Waals surface area contributed by atoms with Crippen molar-refractivity contribution in [2.75, 3.05) is 19.8 Å². The zero-order chi connectivity index (χ0) is 13.8. The van der Waals surface area contributed by atoms with Crippen LogP contribution in [-0.4, -0.2) is 25.8 Å². The molecule has 0 amide bonds. The zero-order valence-corrected chi connectivity index (χ0v) is 12.5. The van der Waals surface area contributed by atoms with E-state index in [2.05, 4.69) is 49.5 Å². The fourth-order valence-corrected chi connectivity index (χ4v) is 2.11. The normalized spacial score (nSPS) is 12.5. The van der Waals surface area contributed by atoms with Gasteiger partial charge in [0, 0.05) is 19.3 Å². The van der Waals surface area contributed by atoms with Crippen LogP contribution in [0.3, 0.4) is 0 Å². The van der Waals surface area contributed by atoms with E-state index in [4.69, 9.17) is 4.74 Å². The Bertz CT molecular complexity index is 299. The summed E-state index contributed by atoms with van der Waals surface area (Å²) in [6.45, 7) is 7.36. The molecule has 0 saturated heterocycles. The second-order valence-electron chi connectivity index (χ2n) is 5.20. The first-order valence-electron chi connectivity index (χ1n) is 7.68. The number of aryl methyl sites for hydroxylation is 1. The Kier molecular flexibility index (Phi) is 9.38. The number of ether oxygens (including phenoxy) is 1. The molecule has 0 heterocycles. The molecule has 0 aliphatic rings. The SMILES string of the molecule is CCCNC(C)CCCOCCCc1ccccc1. The van der Waals surface area contributed by atoms with Crippen molar-refractivity contribution < 1.29 is 4.74 Å². The van der Waals surface area contributed by atoms with Crippen LogP contribution in [0.1, 0.15) is 45.1 Å². The molecule has 19 heavy (non-hydrogen) atoms. The summed E-state index contributed by atoms with van der Waals surface area (Å²) in [7, 11) is 0. The molecule has 108 valence electrons. The summed E-state index contributed by atoms with van der Waals surface area (Å²) in [5.74, 6) is 0. The molecule has 0 fully saturated rings. The van der Waals surface area contributed by atoms with E-state index in [0.29, 0.717) is 6.04 Å². The number of hydrogen-bond donors (Lipinski definition) is 1. The molecule has 2 nitrogen and oxygen atoms in total. The van der Waals surface area contributed by atoms with Gasteiger partial charge in [0.1, 0.15) is 0 Å². The Labute approximate surface area is 118 Å². The quantitative estimate of drug-likeness (QED) is 0.613. The Morgan fingerprint density at radius 3 is 2.58 bits per heavy atom. The van der Waals surface area contributed by atoms with Crippen molar-refractivity contribution in [3.63, 3.8) is 0 Å². The summed E-state index contributed by atoms with van der Waals surface area (Å²) in [4.78, 5) is 0. The van der Waals surface area contributed by atoms with Crippen LogP contribution < -0.4 is 5.32 Å². The lowest BCUT2D eigenvalue weighted by Gasteiger charge is -2.12. The van der Waals surface area contributed by atoms with Crippen LogP contribution >= 0.6 is 0 Å². The topological polar surface area (TPSA) is 21.3 Å². The largest absolute Gasteiger partial charge is 0.381 e. The average Bonchev–Trinajstić information content (AvgIpc) is 2.45. The molecule has 0 spiro atoms. The van der Waals surface area contributed by atoms with E-state index in [0.717, 1.165) is 39.0 Å². The first-order chi connectivity index (χ1) is 9.33. The molecule has 0 bridgehead atoms. The van der Waals surface area contributed by atoms with Gasteiger partial charge in [0.2, 0.25) is 0 Å². The van der Waals surface area contributed by atoms with Crippen LogP contribution in [0.4, 0.5) is 0 Å². The summed E-state index contributed by atoms with van der Waals surface area (Å²) < 4.78 is 5.68. The second-order valence-corrected chi connectivity index (χ2v) is 5.20. The van der Waals surface area contributed by atoms with E-state index in [9.17, 15) is 0 Å². The van der Waals surface area contributed by atoms with Gasteiger partial charge in [-0.25, -0.2) is 0 Å². The monoisotopic (exact) mass is 263 g/mol. The molecule has 0 aliphatic carbocycles. The molecule has 1 N–H and O–H groups in total. The molecule has 2 heteroatoms. The maximum absolute atomic E-state index is 5.68. The van der Waals surface area contributed by atoms with Gasteiger partial charge in [0.25, 0.3) is 0 Å². The van der Waals surface area contributed by atoms with Gasteiger partial charge in [-0.1, -0.05) is 37.3 Å². The predicted molar refractivity (Wildman–Crippen MR) is 82.6 cm³/mol. The van der Waals surface area contributed by atoms with Gasteiger partial charge in [-0.15, -0.1) is 0 Å². The molecule has 0 saturated carbocycles. The van der Waals surface area contributed by atoms with Crippen molar-refractivity contribution in [2.24, 2.45) is 0 Å². The van der Waals surface area contributed by atoms with E-state index in [1.807, 2.05) is 0 Å². The van der Waals surface area contributed by atoms with Gasteiger partial charge < -0.3 is 10.1 Å². The van der Waals surface area contributed by atoms with Gasteiger partial charge in [0.15, 0.2) is 0 Å². The lowest BCUT2D eigenvalue weighted by atomic mass is 10.1. The minimum atomic E-state index is 0.618. The molecule has 0 aliphatic heterocycles. The minimum absolute atomic E-state index is 0.618. The maximum atomic E-state index is 5.68. The van der Waals surface area contributed by atoms with Gasteiger partial charge in [-0.3, -0.25) is 0 Å². The Balaban J connectivity index is 1.89. The Hall–Kier alpha value is -0.860. The van der Waals surface area contributed by atoms with E-state index in [-0.39, 0.29) is 0 Å². The molecule has 1 aromatic rings. The summed E-state index contributed by atoms with van der Waals surface area (Å²) >= 11 is 0. The molecule has 1 unspecified atom stereocenters. The zero-order valence-electron chi connectivity index (χ0n) is 12.5. The lowest BCUT2D eigenvalue weighted by Crippen LogP contribution is -2.26. The highest BCUT2D eigenvalue weighted by atomic mass is 16.5. The standard InChI is InChI=1S/C17H29NO/c1-3-13-18-16(2)9-7-14-19-15-8-12-17-10-5-4-6-11-17/h4-6,10-11,16,18H,3,7-9,12-15H2,1-2H3.